The molecule has 40 heavy (non-hydrogen) atoms. The maximum atomic E-state index is 13.5. The van der Waals surface area contributed by atoms with Crippen molar-refractivity contribution in [1.82, 2.24) is 14.5 Å². The van der Waals surface area contributed by atoms with Crippen molar-refractivity contribution < 1.29 is 22.8 Å². The van der Waals surface area contributed by atoms with Crippen LogP contribution in [0.4, 0.5) is 5.69 Å². The van der Waals surface area contributed by atoms with E-state index in [1.807, 2.05) is 19.1 Å². The molecule has 5 rings (SSSR count). The fraction of sp³-hybridized carbons (Fsp3) is 0.367. The van der Waals surface area contributed by atoms with E-state index >= 15 is 0 Å². The van der Waals surface area contributed by atoms with Gasteiger partial charge in [0.05, 0.1) is 4.90 Å². The second kappa shape index (κ2) is 11.4. The molecule has 0 spiro atoms. The maximum absolute atomic E-state index is 13.5. The van der Waals surface area contributed by atoms with Crippen molar-refractivity contribution in [1.29, 1.82) is 0 Å². The van der Waals surface area contributed by atoms with Crippen LogP contribution in [0.25, 0.3) is 10.8 Å². The summed E-state index contributed by atoms with van der Waals surface area (Å²) in [5.41, 5.74) is 1.93. The van der Waals surface area contributed by atoms with E-state index in [0.717, 1.165) is 12.0 Å². The molecule has 9 nitrogen and oxygen atoms in total. The third kappa shape index (κ3) is 5.59. The van der Waals surface area contributed by atoms with E-state index in [1.165, 1.54) is 6.92 Å². The Kier molecular flexibility index (Phi) is 7.91. The zero-order valence-electron chi connectivity index (χ0n) is 22.7. The van der Waals surface area contributed by atoms with Gasteiger partial charge < -0.3 is 15.1 Å². The molecule has 2 aliphatic rings. The van der Waals surface area contributed by atoms with E-state index in [2.05, 4.69) is 10.0 Å². The summed E-state index contributed by atoms with van der Waals surface area (Å²) >= 11 is 0. The van der Waals surface area contributed by atoms with Gasteiger partial charge in [-0.15, -0.1) is 0 Å². The van der Waals surface area contributed by atoms with Crippen LogP contribution in [0.5, 0.6) is 0 Å². The Morgan fingerprint density at radius 2 is 1.55 bits per heavy atom. The van der Waals surface area contributed by atoms with Crippen molar-refractivity contribution in [3.05, 3.63) is 71.8 Å². The van der Waals surface area contributed by atoms with Crippen molar-refractivity contribution in [2.75, 3.05) is 25.0 Å². The minimum Gasteiger partial charge on any atom is -0.341 e. The van der Waals surface area contributed by atoms with Crippen molar-refractivity contribution in [2.45, 2.75) is 56.5 Å². The number of piperidine rings is 1. The number of rotatable bonds is 6. The molecule has 1 atom stereocenters. The van der Waals surface area contributed by atoms with Gasteiger partial charge in [-0.05, 0) is 56.4 Å². The van der Waals surface area contributed by atoms with Gasteiger partial charge in [0.1, 0.15) is 6.04 Å². The van der Waals surface area contributed by atoms with Crippen LogP contribution in [-0.4, -0.2) is 67.7 Å². The lowest BCUT2D eigenvalue weighted by Gasteiger charge is -2.35. The SMILES string of the molecule is CC(=O)N1CCC[C@H]1C(=O)N1CCC(NS(=O)(=O)c2cccc3c(NC(=O)c4ccccc4C)cccc23)CC1. The highest BCUT2D eigenvalue weighted by Gasteiger charge is 2.37. The lowest BCUT2D eigenvalue weighted by atomic mass is 10.0. The molecule has 0 bridgehead atoms. The van der Waals surface area contributed by atoms with Crippen molar-refractivity contribution >= 4 is 44.2 Å². The fourth-order valence-corrected chi connectivity index (χ4v) is 7.28. The third-order valence-electron chi connectivity index (χ3n) is 7.88. The van der Waals surface area contributed by atoms with Crippen LogP contribution in [-0.2, 0) is 19.6 Å². The molecular weight excluding hydrogens is 528 g/mol. The number of likely N-dealkylation sites (tertiary alicyclic amines) is 2. The molecule has 2 heterocycles. The predicted octanol–water partition coefficient (Wildman–Crippen LogP) is 3.68. The Balaban J connectivity index is 1.29. The zero-order chi connectivity index (χ0) is 28.4. The number of carbonyl (C=O) groups is 3. The standard InChI is InChI=1S/C30H34N4O5S/c1-20-8-3-4-9-23(20)29(36)31-26-12-5-11-25-24(26)10-6-14-28(25)40(38,39)32-22-15-18-33(19-16-22)30(37)27-13-7-17-34(27)21(2)35/h3-6,8-12,14,22,27,32H,7,13,15-19H2,1-2H3,(H,31,36)/t27-/m0/s1. The van der Waals surface area contributed by atoms with Gasteiger partial charge in [0.2, 0.25) is 21.8 Å². The molecule has 0 saturated carbocycles. The smallest absolute Gasteiger partial charge is 0.255 e. The number of fused-ring (bicyclic) bond motifs is 1. The molecule has 3 aromatic carbocycles. The molecule has 0 radical (unpaired) electrons. The van der Waals surface area contributed by atoms with E-state index < -0.39 is 16.1 Å². The molecule has 3 aromatic rings. The van der Waals surface area contributed by atoms with Crippen LogP contribution < -0.4 is 10.0 Å². The molecule has 210 valence electrons. The minimum atomic E-state index is -3.88. The summed E-state index contributed by atoms with van der Waals surface area (Å²) in [6, 6.07) is 16.8. The van der Waals surface area contributed by atoms with Crippen LogP contribution >= 0.6 is 0 Å². The van der Waals surface area contributed by atoms with E-state index in [9.17, 15) is 22.8 Å². The number of anilines is 1. The summed E-state index contributed by atoms with van der Waals surface area (Å²) in [4.78, 5) is 41.4. The highest BCUT2D eigenvalue weighted by atomic mass is 32.2. The first-order valence-corrected chi connectivity index (χ1v) is 15.1. The number of benzene rings is 3. The average molecular weight is 563 g/mol. The predicted molar refractivity (Wildman–Crippen MR) is 153 cm³/mol. The van der Waals surface area contributed by atoms with Gasteiger partial charge in [0.15, 0.2) is 0 Å². The average Bonchev–Trinajstić information content (AvgIpc) is 3.43. The summed E-state index contributed by atoms with van der Waals surface area (Å²) in [5, 5.41) is 4.07. The highest BCUT2D eigenvalue weighted by molar-refractivity contribution is 7.89. The summed E-state index contributed by atoms with van der Waals surface area (Å²) in [6.45, 7) is 4.81. The second-order valence-corrected chi connectivity index (χ2v) is 12.2. The van der Waals surface area contributed by atoms with Crippen molar-refractivity contribution in [3.63, 3.8) is 0 Å². The normalized spacial score (nSPS) is 18.2. The Morgan fingerprint density at radius 3 is 2.27 bits per heavy atom. The Bertz CT molecular complexity index is 1560. The van der Waals surface area contributed by atoms with Gasteiger partial charge in [-0.1, -0.05) is 42.5 Å². The number of sulfonamides is 1. The summed E-state index contributed by atoms with van der Waals surface area (Å²) in [5.74, 6) is -0.405. The van der Waals surface area contributed by atoms with Crippen LogP contribution in [0, 0.1) is 6.92 Å². The molecule has 2 aliphatic heterocycles. The largest absolute Gasteiger partial charge is 0.341 e. The highest BCUT2D eigenvalue weighted by Crippen LogP contribution is 2.30. The fourth-order valence-electron chi connectivity index (χ4n) is 5.75. The number of hydrogen-bond acceptors (Lipinski definition) is 5. The van der Waals surface area contributed by atoms with E-state index in [-0.39, 0.29) is 28.7 Å². The van der Waals surface area contributed by atoms with E-state index in [4.69, 9.17) is 0 Å². The molecule has 3 amide bonds. The molecule has 2 N–H and O–H groups in total. The molecule has 2 saturated heterocycles. The summed E-state index contributed by atoms with van der Waals surface area (Å²) in [7, 11) is -3.88. The Labute approximate surface area is 234 Å². The lowest BCUT2D eigenvalue weighted by Crippen LogP contribution is -2.52. The quantitative estimate of drug-likeness (QED) is 0.476. The first kappa shape index (κ1) is 27.8. The molecule has 0 unspecified atom stereocenters. The topological polar surface area (TPSA) is 116 Å². The zero-order valence-corrected chi connectivity index (χ0v) is 23.5. The van der Waals surface area contributed by atoms with Crippen molar-refractivity contribution in [2.24, 2.45) is 0 Å². The van der Waals surface area contributed by atoms with Gasteiger partial charge in [-0.25, -0.2) is 13.1 Å². The van der Waals surface area contributed by atoms with Gasteiger partial charge in [-0.3, -0.25) is 14.4 Å². The number of nitrogens with one attached hydrogen (secondary N) is 2. The lowest BCUT2D eigenvalue weighted by molar-refractivity contribution is -0.143. The molecule has 0 aliphatic carbocycles. The van der Waals surface area contributed by atoms with Gasteiger partial charge >= 0.3 is 0 Å². The van der Waals surface area contributed by atoms with E-state index in [1.54, 1.807) is 58.3 Å². The molecule has 2 fully saturated rings. The van der Waals surface area contributed by atoms with Crippen LogP contribution in [0.1, 0.15) is 48.5 Å². The minimum absolute atomic E-state index is 0.0525. The maximum Gasteiger partial charge on any atom is 0.255 e. The van der Waals surface area contributed by atoms with Crippen LogP contribution in [0.15, 0.2) is 65.6 Å². The number of carbonyl (C=O) groups excluding carboxylic acids is 3. The monoisotopic (exact) mass is 562 g/mol. The molecule has 0 aromatic heterocycles. The Morgan fingerprint density at radius 1 is 0.850 bits per heavy atom. The number of aryl methyl sites for hydroxylation is 1. The first-order valence-electron chi connectivity index (χ1n) is 13.6. The molecular formula is C30H34N4O5S. The number of amides is 3. The summed E-state index contributed by atoms with van der Waals surface area (Å²) in [6.07, 6.45) is 2.45. The first-order chi connectivity index (χ1) is 19.2. The second-order valence-electron chi connectivity index (χ2n) is 10.5. The summed E-state index contributed by atoms with van der Waals surface area (Å²) < 4.78 is 29.9. The number of nitrogens with zero attached hydrogens (tertiary/aromatic N) is 2. The van der Waals surface area contributed by atoms with Crippen molar-refractivity contribution in [3.8, 4) is 0 Å². The molecule has 10 heteroatoms. The third-order valence-corrected chi connectivity index (χ3v) is 9.46. The van der Waals surface area contributed by atoms with Gasteiger partial charge in [0, 0.05) is 54.6 Å². The van der Waals surface area contributed by atoms with Gasteiger partial charge in [-0.2, -0.15) is 0 Å². The van der Waals surface area contributed by atoms with Crippen LogP contribution in [0.2, 0.25) is 0 Å². The Hall–Kier alpha value is -3.76. The van der Waals surface area contributed by atoms with Crippen LogP contribution in [0.3, 0.4) is 0 Å². The number of hydrogen-bond donors (Lipinski definition) is 2. The van der Waals surface area contributed by atoms with Gasteiger partial charge in [0.25, 0.3) is 5.91 Å². The van der Waals surface area contributed by atoms with E-state index in [0.29, 0.717) is 60.9 Å².